The summed E-state index contributed by atoms with van der Waals surface area (Å²) in [7, 11) is 0. The van der Waals surface area contributed by atoms with Crippen LogP contribution < -0.4 is 4.52 Å². The molecule has 0 aliphatic heterocycles. The highest BCUT2D eigenvalue weighted by molar-refractivity contribution is 7.85. The summed E-state index contributed by atoms with van der Waals surface area (Å²) in [5, 5.41) is 10.3. The molecule has 0 amide bonds. The van der Waals surface area contributed by atoms with Gasteiger partial charge in [0.05, 0.1) is 4.92 Å². The number of hydrogen-bond acceptors (Lipinski definition) is 4. The van der Waals surface area contributed by atoms with Gasteiger partial charge in [0.2, 0.25) is 0 Å². The Kier molecular flexibility index (Phi) is 3.13. The summed E-state index contributed by atoms with van der Waals surface area (Å²) in [6.07, 6.45) is 0. The fraction of sp³-hybridized carbons (Fsp3) is 0.143. The third kappa shape index (κ3) is 3.36. The molecule has 1 aromatic rings. The average Bonchev–Trinajstić information content (AvgIpc) is 2.02. The van der Waals surface area contributed by atoms with Gasteiger partial charge >= 0.3 is 6.72 Å². The molecule has 0 radical (unpaired) electrons. The quantitative estimate of drug-likeness (QED) is 0.459. The maximum atomic E-state index is 11.0. The first-order chi connectivity index (χ1) is 6.38. The van der Waals surface area contributed by atoms with Crippen molar-refractivity contribution in [2.45, 2.75) is 0 Å². The Hall–Kier alpha value is -1.06. The van der Waals surface area contributed by atoms with Gasteiger partial charge < -0.3 is 4.52 Å². The second kappa shape index (κ2) is 3.98. The van der Waals surface area contributed by atoms with Crippen molar-refractivity contribution < 1.29 is 14.0 Å². The van der Waals surface area contributed by atoms with Crippen LogP contribution in [-0.2, 0) is 4.57 Å². The zero-order valence-corrected chi connectivity index (χ0v) is 8.87. The second-order valence-electron chi connectivity index (χ2n) is 2.59. The van der Waals surface area contributed by atoms with Gasteiger partial charge in [0.25, 0.3) is 5.69 Å². The SMILES string of the molecule is CP(=O)(Cl)Oc1ccc([N+](=O)[O-])cc1. The smallest absolute Gasteiger partial charge is 0.333 e. The zero-order chi connectivity index (χ0) is 10.8. The lowest BCUT2D eigenvalue weighted by molar-refractivity contribution is -0.384. The van der Waals surface area contributed by atoms with Crippen LogP contribution in [0.2, 0.25) is 0 Å². The van der Waals surface area contributed by atoms with E-state index in [-0.39, 0.29) is 11.4 Å². The molecule has 0 N–H and O–H groups in total. The molecule has 0 aliphatic rings. The summed E-state index contributed by atoms with van der Waals surface area (Å²) in [5.74, 6) is 0.247. The van der Waals surface area contributed by atoms with E-state index in [9.17, 15) is 14.7 Å². The largest absolute Gasteiger partial charge is 0.433 e. The molecule has 0 saturated heterocycles. The van der Waals surface area contributed by atoms with Crippen LogP contribution in [0.1, 0.15) is 0 Å². The Morgan fingerprint density at radius 2 is 1.93 bits per heavy atom. The lowest BCUT2D eigenvalue weighted by atomic mass is 10.3. The van der Waals surface area contributed by atoms with Crippen molar-refractivity contribution in [3.63, 3.8) is 0 Å². The molecule has 1 unspecified atom stereocenters. The standard InChI is InChI=1S/C7H7ClNO4P/c1-14(8,12)13-7-4-2-6(3-5-7)9(10)11/h2-5H,1H3. The summed E-state index contributed by atoms with van der Waals surface area (Å²) < 4.78 is 15.8. The molecule has 0 aromatic heterocycles. The number of nitro groups is 1. The summed E-state index contributed by atoms with van der Waals surface area (Å²) in [6, 6.07) is 5.19. The molecule has 0 spiro atoms. The Morgan fingerprint density at radius 3 is 2.29 bits per heavy atom. The zero-order valence-electron chi connectivity index (χ0n) is 7.21. The number of halogens is 1. The number of hydrogen-bond donors (Lipinski definition) is 0. The van der Waals surface area contributed by atoms with Crippen molar-refractivity contribution in [2.24, 2.45) is 0 Å². The lowest BCUT2D eigenvalue weighted by Gasteiger charge is -2.06. The predicted molar refractivity (Wildman–Crippen MR) is 53.1 cm³/mol. The average molecular weight is 236 g/mol. The molecule has 0 fully saturated rings. The third-order valence-corrected chi connectivity index (χ3v) is 2.06. The van der Waals surface area contributed by atoms with Crippen LogP contribution in [0.5, 0.6) is 5.75 Å². The molecule has 0 saturated carbocycles. The molecule has 1 atom stereocenters. The number of non-ortho nitro benzene ring substituents is 1. The number of rotatable bonds is 3. The van der Waals surface area contributed by atoms with E-state index in [1.165, 1.54) is 30.9 Å². The third-order valence-electron chi connectivity index (χ3n) is 1.32. The Balaban J connectivity index is 2.84. The number of nitro benzene ring substituents is 1. The molecule has 0 aliphatic carbocycles. The fourth-order valence-electron chi connectivity index (χ4n) is 0.817. The summed E-state index contributed by atoms with van der Waals surface area (Å²) in [5.41, 5.74) is -0.0575. The van der Waals surface area contributed by atoms with Crippen LogP contribution in [0.3, 0.4) is 0 Å². The number of benzene rings is 1. The number of nitrogens with zero attached hydrogens (tertiary/aromatic N) is 1. The first-order valence-electron chi connectivity index (χ1n) is 3.60. The first kappa shape index (κ1) is 11.0. The second-order valence-corrected chi connectivity index (χ2v) is 6.11. The van der Waals surface area contributed by atoms with Crippen molar-refractivity contribution in [3.05, 3.63) is 34.4 Å². The highest BCUT2D eigenvalue weighted by Gasteiger charge is 2.13. The molecule has 1 aromatic carbocycles. The van der Waals surface area contributed by atoms with E-state index >= 15 is 0 Å². The monoisotopic (exact) mass is 235 g/mol. The van der Waals surface area contributed by atoms with Crippen molar-refractivity contribution >= 4 is 23.6 Å². The lowest BCUT2D eigenvalue weighted by Crippen LogP contribution is -1.88. The molecule has 14 heavy (non-hydrogen) atoms. The van der Waals surface area contributed by atoms with Gasteiger partial charge in [0, 0.05) is 18.8 Å². The molecule has 0 bridgehead atoms. The van der Waals surface area contributed by atoms with Crippen molar-refractivity contribution in [1.82, 2.24) is 0 Å². The predicted octanol–water partition coefficient (Wildman–Crippen LogP) is 3.04. The van der Waals surface area contributed by atoms with E-state index < -0.39 is 11.6 Å². The summed E-state index contributed by atoms with van der Waals surface area (Å²) in [4.78, 5) is 9.75. The van der Waals surface area contributed by atoms with Gasteiger partial charge in [-0.2, -0.15) is 0 Å². The highest BCUT2D eigenvalue weighted by atomic mass is 35.7. The fourth-order valence-corrected chi connectivity index (χ4v) is 1.55. The van der Waals surface area contributed by atoms with E-state index in [1.807, 2.05) is 0 Å². The van der Waals surface area contributed by atoms with E-state index in [0.29, 0.717) is 0 Å². The van der Waals surface area contributed by atoms with Crippen molar-refractivity contribution in [2.75, 3.05) is 6.66 Å². The molecular weight excluding hydrogens is 229 g/mol. The van der Waals surface area contributed by atoms with Crippen LogP contribution >= 0.6 is 18.0 Å². The van der Waals surface area contributed by atoms with Gasteiger partial charge in [-0.3, -0.25) is 14.7 Å². The molecule has 5 nitrogen and oxygen atoms in total. The van der Waals surface area contributed by atoms with Crippen molar-refractivity contribution in [1.29, 1.82) is 0 Å². The minimum absolute atomic E-state index is 0.0575. The highest BCUT2D eigenvalue weighted by Crippen LogP contribution is 2.48. The van der Waals surface area contributed by atoms with Crippen LogP contribution in [0.25, 0.3) is 0 Å². The normalized spacial score (nSPS) is 14.4. The first-order valence-corrected chi connectivity index (χ1v) is 6.57. The molecule has 7 heteroatoms. The van der Waals surface area contributed by atoms with Gasteiger partial charge in [-0.15, -0.1) is 0 Å². The molecule has 76 valence electrons. The van der Waals surface area contributed by atoms with E-state index in [1.54, 1.807) is 0 Å². The Bertz CT molecular complexity index is 385. The van der Waals surface area contributed by atoms with Gasteiger partial charge in [0.15, 0.2) is 0 Å². The van der Waals surface area contributed by atoms with E-state index in [0.717, 1.165) is 0 Å². The van der Waals surface area contributed by atoms with Gasteiger partial charge in [0.1, 0.15) is 5.75 Å². The topological polar surface area (TPSA) is 69.4 Å². The molecule has 1 rings (SSSR count). The van der Waals surface area contributed by atoms with Crippen LogP contribution in [-0.4, -0.2) is 11.6 Å². The van der Waals surface area contributed by atoms with E-state index in [2.05, 4.69) is 0 Å². The maximum absolute atomic E-state index is 11.0. The van der Waals surface area contributed by atoms with Crippen molar-refractivity contribution in [3.8, 4) is 5.75 Å². The summed E-state index contributed by atoms with van der Waals surface area (Å²) >= 11 is 5.37. The van der Waals surface area contributed by atoms with Gasteiger partial charge in [-0.25, -0.2) is 0 Å². The molecular formula is C7H7ClNO4P. The van der Waals surface area contributed by atoms with Crippen LogP contribution in [0.15, 0.2) is 24.3 Å². The Labute approximate surface area is 85.0 Å². The van der Waals surface area contributed by atoms with Crippen LogP contribution in [0.4, 0.5) is 5.69 Å². The minimum Gasteiger partial charge on any atom is -0.433 e. The minimum atomic E-state index is -3.12. The van der Waals surface area contributed by atoms with Crippen LogP contribution in [0, 0.1) is 10.1 Å². The molecule has 0 heterocycles. The van der Waals surface area contributed by atoms with E-state index in [4.69, 9.17) is 15.8 Å². The summed E-state index contributed by atoms with van der Waals surface area (Å²) in [6.45, 7) is -1.88. The van der Waals surface area contributed by atoms with Gasteiger partial charge in [-0.05, 0) is 23.4 Å². The maximum Gasteiger partial charge on any atom is 0.333 e. The Morgan fingerprint density at radius 1 is 1.43 bits per heavy atom. The van der Waals surface area contributed by atoms with Gasteiger partial charge in [-0.1, -0.05) is 0 Å².